The van der Waals surface area contributed by atoms with Crippen LogP contribution in [0.3, 0.4) is 0 Å². The first-order chi connectivity index (χ1) is 5.16. The molecule has 0 nitrogen and oxygen atoms in total. The summed E-state index contributed by atoms with van der Waals surface area (Å²) in [5, 5.41) is 0.874. The zero-order valence-electron chi connectivity index (χ0n) is 8.39. The zero-order valence-corrected chi connectivity index (χ0v) is 9.21. The summed E-state index contributed by atoms with van der Waals surface area (Å²) in [5.74, 6) is 2.15. The van der Waals surface area contributed by atoms with Crippen molar-refractivity contribution in [2.75, 3.05) is 5.75 Å². The van der Waals surface area contributed by atoms with Gasteiger partial charge in [0.2, 0.25) is 0 Å². The van der Waals surface area contributed by atoms with Gasteiger partial charge in [0.25, 0.3) is 0 Å². The van der Waals surface area contributed by atoms with E-state index in [4.69, 9.17) is 0 Å². The molecular formula is C10H22S. The first-order valence-electron chi connectivity index (χ1n) is 4.78. The summed E-state index contributed by atoms with van der Waals surface area (Å²) < 4.78 is 0. The quantitative estimate of drug-likeness (QED) is 0.587. The largest absolute Gasteiger partial charge is 0.159 e. The molecule has 0 aliphatic rings. The Morgan fingerprint density at radius 1 is 1.09 bits per heavy atom. The fourth-order valence-electron chi connectivity index (χ4n) is 1.18. The molecule has 0 aromatic rings. The Hall–Kier alpha value is 0.350. The van der Waals surface area contributed by atoms with E-state index in [9.17, 15) is 0 Å². The van der Waals surface area contributed by atoms with Crippen LogP contribution in [0.2, 0.25) is 0 Å². The highest BCUT2D eigenvalue weighted by Crippen LogP contribution is 2.17. The number of hydrogen-bond acceptors (Lipinski definition) is 1. The van der Waals surface area contributed by atoms with Gasteiger partial charge in [0.1, 0.15) is 0 Å². The predicted molar refractivity (Wildman–Crippen MR) is 56.3 cm³/mol. The maximum absolute atomic E-state index is 2.34. The molecule has 1 heteroatoms. The average molecular weight is 174 g/mol. The topological polar surface area (TPSA) is 0 Å². The molecule has 0 saturated heterocycles. The highest BCUT2D eigenvalue weighted by molar-refractivity contribution is 7.99. The number of hydrogen-bond donors (Lipinski definition) is 0. The molecule has 0 aliphatic carbocycles. The highest BCUT2D eigenvalue weighted by atomic mass is 32.2. The van der Waals surface area contributed by atoms with Crippen molar-refractivity contribution in [2.45, 2.75) is 52.2 Å². The van der Waals surface area contributed by atoms with Gasteiger partial charge in [-0.05, 0) is 18.1 Å². The van der Waals surface area contributed by atoms with Crippen LogP contribution in [0.15, 0.2) is 0 Å². The van der Waals surface area contributed by atoms with Crippen molar-refractivity contribution in [3.63, 3.8) is 0 Å². The Morgan fingerprint density at radius 2 is 1.73 bits per heavy atom. The molecule has 11 heavy (non-hydrogen) atoms. The van der Waals surface area contributed by atoms with Crippen molar-refractivity contribution >= 4 is 11.8 Å². The summed E-state index contributed by atoms with van der Waals surface area (Å²) in [7, 11) is 0. The maximum atomic E-state index is 2.34. The van der Waals surface area contributed by atoms with Gasteiger partial charge in [-0.3, -0.25) is 0 Å². The predicted octanol–water partition coefficient (Wildman–Crippen LogP) is 3.95. The summed E-state index contributed by atoms with van der Waals surface area (Å²) in [6.45, 7) is 9.19. The molecule has 0 saturated carbocycles. The van der Waals surface area contributed by atoms with E-state index in [-0.39, 0.29) is 0 Å². The van der Waals surface area contributed by atoms with Crippen molar-refractivity contribution in [3.05, 3.63) is 0 Å². The summed E-state index contributed by atoms with van der Waals surface area (Å²) in [5.41, 5.74) is 0. The number of rotatable bonds is 6. The second-order valence-electron chi connectivity index (χ2n) is 3.59. The molecule has 0 radical (unpaired) electrons. The van der Waals surface area contributed by atoms with Gasteiger partial charge in [0.15, 0.2) is 0 Å². The van der Waals surface area contributed by atoms with Crippen molar-refractivity contribution in [1.29, 1.82) is 0 Å². The molecule has 1 atom stereocenters. The van der Waals surface area contributed by atoms with Crippen LogP contribution >= 0.6 is 11.8 Å². The minimum Gasteiger partial charge on any atom is -0.159 e. The Labute approximate surface area is 76.1 Å². The minimum absolute atomic E-state index is 0.874. The molecule has 0 spiro atoms. The standard InChI is InChI=1S/C10H22S/c1-5-11-10(4)8-6-7-9(2)3/h9-10H,5-8H2,1-4H3. The second-order valence-corrected chi connectivity index (χ2v) is 5.31. The van der Waals surface area contributed by atoms with E-state index in [1.165, 1.54) is 25.0 Å². The lowest BCUT2D eigenvalue weighted by Crippen LogP contribution is -1.97. The molecule has 68 valence electrons. The van der Waals surface area contributed by atoms with Crippen LogP contribution in [0.1, 0.15) is 47.0 Å². The molecule has 0 amide bonds. The molecule has 0 heterocycles. The normalized spacial score (nSPS) is 13.9. The summed E-state index contributed by atoms with van der Waals surface area (Å²) >= 11 is 2.08. The Morgan fingerprint density at radius 3 is 2.18 bits per heavy atom. The third kappa shape index (κ3) is 8.25. The molecule has 1 unspecified atom stereocenters. The van der Waals surface area contributed by atoms with Gasteiger partial charge in [-0.15, -0.1) is 0 Å². The van der Waals surface area contributed by atoms with E-state index in [2.05, 4.69) is 39.5 Å². The lowest BCUT2D eigenvalue weighted by atomic mass is 10.1. The van der Waals surface area contributed by atoms with Crippen LogP contribution in [-0.2, 0) is 0 Å². The molecule has 0 bridgehead atoms. The maximum Gasteiger partial charge on any atom is 0.00186 e. The van der Waals surface area contributed by atoms with Gasteiger partial charge in [-0.25, -0.2) is 0 Å². The Bertz CT molecular complexity index is 78.9. The van der Waals surface area contributed by atoms with Gasteiger partial charge in [-0.1, -0.05) is 40.5 Å². The monoisotopic (exact) mass is 174 g/mol. The first-order valence-corrected chi connectivity index (χ1v) is 5.83. The second kappa shape index (κ2) is 7.02. The molecule has 0 aromatic heterocycles. The van der Waals surface area contributed by atoms with Crippen LogP contribution < -0.4 is 0 Å². The lowest BCUT2D eigenvalue weighted by Gasteiger charge is -2.10. The smallest absolute Gasteiger partial charge is 0.00186 e. The van der Waals surface area contributed by atoms with E-state index >= 15 is 0 Å². The first kappa shape index (κ1) is 11.4. The summed E-state index contributed by atoms with van der Waals surface area (Å²) in [6, 6.07) is 0. The van der Waals surface area contributed by atoms with E-state index in [1.54, 1.807) is 0 Å². The zero-order chi connectivity index (χ0) is 8.69. The van der Waals surface area contributed by atoms with Crippen molar-refractivity contribution < 1.29 is 0 Å². The van der Waals surface area contributed by atoms with Gasteiger partial charge in [0.05, 0.1) is 0 Å². The lowest BCUT2D eigenvalue weighted by molar-refractivity contribution is 0.537. The van der Waals surface area contributed by atoms with Crippen molar-refractivity contribution in [2.24, 2.45) is 5.92 Å². The molecule has 0 aromatic carbocycles. The molecule has 0 N–H and O–H groups in total. The minimum atomic E-state index is 0.874. The van der Waals surface area contributed by atoms with Gasteiger partial charge >= 0.3 is 0 Å². The van der Waals surface area contributed by atoms with E-state index < -0.39 is 0 Å². The Kier molecular flexibility index (Phi) is 7.25. The third-order valence-electron chi connectivity index (χ3n) is 1.84. The SMILES string of the molecule is CCSC(C)CCCC(C)C. The molecular weight excluding hydrogens is 152 g/mol. The van der Waals surface area contributed by atoms with E-state index in [0.29, 0.717) is 0 Å². The van der Waals surface area contributed by atoms with Gasteiger partial charge in [-0.2, -0.15) is 11.8 Å². The fraction of sp³-hybridized carbons (Fsp3) is 1.00. The van der Waals surface area contributed by atoms with Crippen LogP contribution in [-0.4, -0.2) is 11.0 Å². The van der Waals surface area contributed by atoms with E-state index in [0.717, 1.165) is 11.2 Å². The fourth-order valence-corrected chi connectivity index (χ4v) is 2.08. The van der Waals surface area contributed by atoms with E-state index in [1.807, 2.05) is 0 Å². The highest BCUT2D eigenvalue weighted by Gasteiger charge is 2.01. The molecule has 0 aliphatic heterocycles. The van der Waals surface area contributed by atoms with Gasteiger partial charge < -0.3 is 0 Å². The Balaban J connectivity index is 3.10. The summed E-state index contributed by atoms with van der Waals surface area (Å²) in [4.78, 5) is 0. The van der Waals surface area contributed by atoms with Crippen molar-refractivity contribution in [3.8, 4) is 0 Å². The van der Waals surface area contributed by atoms with Crippen molar-refractivity contribution in [1.82, 2.24) is 0 Å². The van der Waals surface area contributed by atoms with Crippen LogP contribution in [0.5, 0.6) is 0 Å². The molecule has 0 rings (SSSR count). The third-order valence-corrected chi connectivity index (χ3v) is 2.98. The molecule has 0 fully saturated rings. The number of thioether (sulfide) groups is 1. The van der Waals surface area contributed by atoms with Crippen LogP contribution in [0.4, 0.5) is 0 Å². The average Bonchev–Trinajstić information content (AvgIpc) is 1.87. The summed E-state index contributed by atoms with van der Waals surface area (Å²) in [6.07, 6.45) is 4.21. The van der Waals surface area contributed by atoms with Crippen LogP contribution in [0, 0.1) is 5.92 Å². The van der Waals surface area contributed by atoms with Gasteiger partial charge in [0, 0.05) is 5.25 Å². The van der Waals surface area contributed by atoms with Crippen LogP contribution in [0.25, 0.3) is 0 Å².